The molecule has 1 aliphatic rings. The number of carbonyl (C=O) groups excluding carboxylic acids is 2. The fraction of sp³-hybridized carbons (Fsp3) is 0.875. The summed E-state index contributed by atoms with van der Waals surface area (Å²) in [5, 5.41) is 5.72. The van der Waals surface area contributed by atoms with E-state index in [-0.39, 0.29) is 48.1 Å². The van der Waals surface area contributed by atoms with Gasteiger partial charge >= 0.3 is 12.2 Å². The molecule has 8 nitrogen and oxygen atoms in total. The molecule has 0 radical (unpaired) electrons. The fourth-order valence-corrected chi connectivity index (χ4v) is 4.05. The molecular formula is C16H32N2O6P2. The Bertz CT molecular complexity index is 466. The first-order valence-electron chi connectivity index (χ1n) is 8.61. The lowest BCUT2D eigenvalue weighted by Gasteiger charge is -2.46. The molecule has 0 aromatic carbocycles. The van der Waals surface area contributed by atoms with Gasteiger partial charge in [0, 0.05) is 30.2 Å². The fourth-order valence-electron chi connectivity index (χ4n) is 3.70. The van der Waals surface area contributed by atoms with Gasteiger partial charge in [-0.15, -0.1) is 0 Å². The quantitative estimate of drug-likeness (QED) is 0.344. The molecule has 0 saturated heterocycles. The monoisotopic (exact) mass is 410 g/mol. The average molecular weight is 410 g/mol. The van der Waals surface area contributed by atoms with Crippen molar-refractivity contribution < 1.29 is 28.1 Å². The molecule has 0 aromatic heterocycles. The Kier molecular flexibility index (Phi) is 10.1. The van der Waals surface area contributed by atoms with Gasteiger partial charge in [-0.05, 0) is 43.4 Å². The first kappa shape index (κ1) is 23.4. The Morgan fingerprint density at radius 1 is 1.00 bits per heavy atom. The van der Waals surface area contributed by atoms with E-state index in [0.29, 0.717) is 6.54 Å². The molecule has 0 aliphatic heterocycles. The second kappa shape index (κ2) is 11.2. The predicted molar refractivity (Wildman–Crippen MR) is 104 cm³/mol. The topological polar surface area (TPSA) is 95.1 Å². The summed E-state index contributed by atoms with van der Waals surface area (Å²) in [6.07, 6.45) is 1.56. The Morgan fingerprint density at radius 3 is 2.15 bits per heavy atom. The zero-order valence-corrected chi connectivity index (χ0v) is 18.3. The third-order valence-corrected chi connectivity index (χ3v) is 5.02. The number of alkyl carbamates (subject to hydrolysis) is 2. The summed E-state index contributed by atoms with van der Waals surface area (Å²) in [6, 6.07) is -0.0252. The summed E-state index contributed by atoms with van der Waals surface area (Å²) >= 11 is 0. The van der Waals surface area contributed by atoms with E-state index in [1.54, 1.807) is 0 Å². The molecule has 0 bridgehead atoms. The Morgan fingerprint density at radius 2 is 1.58 bits per heavy atom. The summed E-state index contributed by atoms with van der Waals surface area (Å²) in [4.78, 5) is 23.7. The van der Waals surface area contributed by atoms with Gasteiger partial charge in [0.25, 0.3) is 0 Å². The molecule has 26 heavy (non-hydrogen) atoms. The van der Waals surface area contributed by atoms with E-state index in [1.165, 1.54) is 0 Å². The maximum absolute atomic E-state index is 11.9. The van der Waals surface area contributed by atoms with Crippen LogP contribution in [0.2, 0.25) is 0 Å². The number of hydrogen-bond donors (Lipinski definition) is 2. The minimum absolute atomic E-state index is 0.0252. The van der Waals surface area contributed by atoms with Gasteiger partial charge in [-0.1, -0.05) is 20.8 Å². The highest BCUT2D eigenvalue weighted by atomic mass is 31.1. The zero-order valence-electron chi connectivity index (χ0n) is 16.3. The Labute approximate surface area is 159 Å². The molecule has 2 amide bonds. The van der Waals surface area contributed by atoms with Crippen LogP contribution in [0.3, 0.4) is 0 Å². The van der Waals surface area contributed by atoms with Crippen molar-refractivity contribution in [1.82, 2.24) is 10.6 Å². The van der Waals surface area contributed by atoms with E-state index in [0.717, 1.165) is 19.3 Å². The lowest BCUT2D eigenvalue weighted by Crippen LogP contribution is -2.50. The van der Waals surface area contributed by atoms with Crippen molar-refractivity contribution in [2.45, 2.75) is 46.1 Å². The molecular weight excluding hydrogens is 378 g/mol. The number of carbonyl (C=O) groups is 2. The lowest BCUT2D eigenvalue weighted by atomic mass is 9.62. The van der Waals surface area contributed by atoms with Crippen LogP contribution < -0.4 is 10.6 Å². The standard InChI is InChI=1S/C16H32N2O6P2/c1-15(2)6-12(18-14(20)22-11-24-26-5)7-16(3,8-15)9-17-13(19)21-10-23-25-4/h12,25-26H,6-11H2,1-5H3,(H,17,19)(H,18,20). The van der Waals surface area contributed by atoms with E-state index < -0.39 is 12.2 Å². The Balaban J connectivity index is 2.53. The second-order valence-corrected chi connectivity index (χ2v) is 8.94. The van der Waals surface area contributed by atoms with E-state index in [9.17, 15) is 9.59 Å². The summed E-state index contributed by atoms with van der Waals surface area (Å²) in [5.41, 5.74) is -0.127. The molecule has 1 fully saturated rings. The van der Waals surface area contributed by atoms with Crippen LogP contribution in [0.4, 0.5) is 9.59 Å². The van der Waals surface area contributed by atoms with Crippen LogP contribution in [0.25, 0.3) is 0 Å². The summed E-state index contributed by atoms with van der Waals surface area (Å²) < 4.78 is 20.0. The van der Waals surface area contributed by atoms with E-state index >= 15 is 0 Å². The zero-order chi connectivity index (χ0) is 19.6. The molecule has 10 heteroatoms. The molecule has 2 N–H and O–H groups in total. The average Bonchev–Trinajstić information content (AvgIpc) is 2.51. The van der Waals surface area contributed by atoms with Crippen molar-refractivity contribution >= 4 is 29.8 Å². The van der Waals surface area contributed by atoms with Gasteiger partial charge in [0.15, 0.2) is 13.6 Å². The third-order valence-electron chi connectivity index (χ3n) is 4.21. The number of hydrogen-bond acceptors (Lipinski definition) is 6. The van der Waals surface area contributed by atoms with Crippen molar-refractivity contribution in [3.05, 3.63) is 0 Å². The van der Waals surface area contributed by atoms with Gasteiger partial charge in [0.2, 0.25) is 0 Å². The van der Waals surface area contributed by atoms with Crippen LogP contribution in [0.1, 0.15) is 40.0 Å². The van der Waals surface area contributed by atoms with Crippen LogP contribution >= 0.6 is 17.6 Å². The highest BCUT2D eigenvalue weighted by Gasteiger charge is 2.42. The van der Waals surface area contributed by atoms with Crippen molar-refractivity contribution in [3.63, 3.8) is 0 Å². The van der Waals surface area contributed by atoms with Crippen LogP contribution in [0, 0.1) is 10.8 Å². The highest BCUT2D eigenvalue weighted by molar-refractivity contribution is 7.31. The second-order valence-electron chi connectivity index (χ2n) is 7.55. The minimum Gasteiger partial charge on any atom is -0.422 e. The maximum atomic E-state index is 11.9. The van der Waals surface area contributed by atoms with Crippen LogP contribution in [-0.4, -0.2) is 51.7 Å². The predicted octanol–water partition coefficient (Wildman–Crippen LogP) is 3.42. The van der Waals surface area contributed by atoms with Crippen molar-refractivity contribution in [1.29, 1.82) is 0 Å². The van der Waals surface area contributed by atoms with Crippen molar-refractivity contribution in [2.75, 3.05) is 33.5 Å². The third kappa shape index (κ3) is 9.31. The normalized spacial score (nSPS) is 25.5. The molecule has 0 heterocycles. The smallest absolute Gasteiger partial charge is 0.409 e. The molecule has 1 rings (SSSR count). The maximum Gasteiger partial charge on any atom is 0.409 e. The highest BCUT2D eigenvalue weighted by Crippen LogP contribution is 2.45. The Hall–Kier alpha value is -0.680. The lowest BCUT2D eigenvalue weighted by molar-refractivity contribution is 0.0406. The van der Waals surface area contributed by atoms with Crippen molar-refractivity contribution in [2.24, 2.45) is 10.8 Å². The molecule has 1 aliphatic carbocycles. The van der Waals surface area contributed by atoms with Gasteiger partial charge in [-0.25, -0.2) is 9.59 Å². The molecule has 152 valence electrons. The molecule has 4 unspecified atom stereocenters. The first-order chi connectivity index (χ1) is 12.2. The first-order valence-corrected chi connectivity index (χ1v) is 11.4. The van der Waals surface area contributed by atoms with E-state index in [4.69, 9.17) is 18.5 Å². The number of rotatable bonds is 9. The van der Waals surface area contributed by atoms with Gasteiger partial charge < -0.3 is 29.2 Å². The number of amides is 2. The van der Waals surface area contributed by atoms with Gasteiger partial charge in [-0.3, -0.25) is 0 Å². The van der Waals surface area contributed by atoms with Crippen LogP contribution in [-0.2, 0) is 18.5 Å². The van der Waals surface area contributed by atoms with Gasteiger partial charge in [-0.2, -0.15) is 0 Å². The number of ether oxygens (including phenoxy) is 2. The summed E-state index contributed by atoms with van der Waals surface area (Å²) in [5.74, 6) is 0. The van der Waals surface area contributed by atoms with E-state index in [1.807, 2.05) is 13.3 Å². The van der Waals surface area contributed by atoms with Gasteiger partial charge in [0.1, 0.15) is 0 Å². The van der Waals surface area contributed by atoms with Gasteiger partial charge in [0.05, 0.1) is 0 Å². The minimum atomic E-state index is -0.491. The molecule has 1 saturated carbocycles. The molecule has 4 atom stereocenters. The molecule has 0 aromatic rings. The SMILES string of the molecule is CPOCOC(=O)NCC1(C)CC(NC(=O)OCOPC)CC(C)(C)C1. The summed E-state index contributed by atoms with van der Waals surface area (Å²) in [6.45, 7) is 10.6. The van der Waals surface area contributed by atoms with E-state index in [2.05, 4.69) is 31.4 Å². The van der Waals surface area contributed by atoms with Crippen LogP contribution in [0.15, 0.2) is 0 Å². The largest absolute Gasteiger partial charge is 0.422 e. The number of nitrogens with one attached hydrogen (secondary N) is 2. The summed E-state index contributed by atoms with van der Waals surface area (Å²) in [7, 11) is 0.556. The molecule has 0 spiro atoms. The van der Waals surface area contributed by atoms with Crippen LogP contribution in [0.5, 0.6) is 0 Å². The van der Waals surface area contributed by atoms with Crippen molar-refractivity contribution in [3.8, 4) is 0 Å².